The second-order valence-electron chi connectivity index (χ2n) is 6.75. The molecule has 1 atom stereocenters. The molecule has 32 heavy (non-hydrogen) atoms. The molecule has 0 aliphatic rings. The number of rotatable bonds is 11. The van der Waals surface area contributed by atoms with Crippen molar-refractivity contribution in [3.63, 3.8) is 0 Å². The first-order valence-electron chi connectivity index (χ1n) is 9.95. The van der Waals surface area contributed by atoms with Gasteiger partial charge >= 0.3 is 0 Å². The fourth-order valence-electron chi connectivity index (χ4n) is 2.97. The molecule has 2 aromatic carbocycles. The van der Waals surface area contributed by atoms with Gasteiger partial charge in [0.2, 0.25) is 5.91 Å². The molecular weight excluding hydrogens is 428 g/mol. The molecule has 0 saturated heterocycles. The van der Waals surface area contributed by atoms with Crippen molar-refractivity contribution in [3.8, 4) is 17.2 Å². The molecule has 8 nitrogen and oxygen atoms in total. The Labute approximate surface area is 191 Å². The van der Waals surface area contributed by atoms with E-state index in [4.69, 9.17) is 14.2 Å². The molecule has 0 spiro atoms. The van der Waals surface area contributed by atoms with E-state index in [1.165, 1.54) is 11.8 Å². The number of methoxy groups -OCH3 is 2. The number of aromatic nitrogens is 3. The number of nitrogens with one attached hydrogen (secondary N) is 1. The SMILES string of the molecule is C=CCn1c(SCC(=O)Nc2cccc(OC)c2)nnc1C(C)Oc1cccc(OC)c1. The lowest BCUT2D eigenvalue weighted by atomic mass is 10.3. The molecule has 1 N–H and O–H groups in total. The molecule has 168 valence electrons. The van der Waals surface area contributed by atoms with E-state index in [0.717, 1.165) is 0 Å². The Kier molecular flexibility index (Phi) is 8.15. The molecule has 0 saturated carbocycles. The van der Waals surface area contributed by atoms with E-state index in [9.17, 15) is 4.79 Å². The maximum absolute atomic E-state index is 12.4. The second kappa shape index (κ2) is 11.2. The van der Waals surface area contributed by atoms with Crippen molar-refractivity contribution in [1.82, 2.24) is 14.8 Å². The number of allylic oxidation sites excluding steroid dienone is 1. The molecule has 0 aliphatic heterocycles. The maximum atomic E-state index is 12.4. The highest BCUT2D eigenvalue weighted by molar-refractivity contribution is 7.99. The number of ether oxygens (including phenoxy) is 3. The number of nitrogens with zero attached hydrogens (tertiary/aromatic N) is 3. The highest BCUT2D eigenvalue weighted by atomic mass is 32.2. The Morgan fingerprint density at radius 2 is 1.81 bits per heavy atom. The fraction of sp³-hybridized carbons (Fsp3) is 0.261. The van der Waals surface area contributed by atoms with Crippen molar-refractivity contribution >= 4 is 23.4 Å². The summed E-state index contributed by atoms with van der Waals surface area (Å²) in [6, 6.07) is 14.6. The zero-order chi connectivity index (χ0) is 22.9. The zero-order valence-electron chi connectivity index (χ0n) is 18.3. The number of carbonyl (C=O) groups is 1. The van der Waals surface area contributed by atoms with Crippen molar-refractivity contribution in [2.45, 2.75) is 24.7 Å². The first-order chi connectivity index (χ1) is 15.5. The van der Waals surface area contributed by atoms with E-state index in [-0.39, 0.29) is 17.8 Å². The van der Waals surface area contributed by atoms with Crippen LogP contribution in [0.5, 0.6) is 17.2 Å². The predicted octanol–water partition coefficient (Wildman–Crippen LogP) is 4.35. The minimum atomic E-state index is -0.366. The van der Waals surface area contributed by atoms with Crippen LogP contribution in [0.1, 0.15) is 18.9 Å². The molecule has 0 aliphatic carbocycles. The van der Waals surface area contributed by atoms with Crippen LogP contribution in [0.2, 0.25) is 0 Å². The summed E-state index contributed by atoms with van der Waals surface area (Å²) in [5.74, 6) is 2.72. The smallest absolute Gasteiger partial charge is 0.234 e. The number of anilines is 1. The Morgan fingerprint density at radius 3 is 2.53 bits per heavy atom. The molecule has 1 aromatic heterocycles. The van der Waals surface area contributed by atoms with Crippen LogP contribution >= 0.6 is 11.8 Å². The topological polar surface area (TPSA) is 87.5 Å². The summed E-state index contributed by atoms with van der Waals surface area (Å²) in [5, 5.41) is 12.0. The molecule has 0 fully saturated rings. The third-order valence-electron chi connectivity index (χ3n) is 4.46. The van der Waals surface area contributed by atoms with Crippen molar-refractivity contribution in [3.05, 3.63) is 67.0 Å². The van der Waals surface area contributed by atoms with Gasteiger partial charge in [-0.25, -0.2) is 0 Å². The van der Waals surface area contributed by atoms with Crippen molar-refractivity contribution in [1.29, 1.82) is 0 Å². The van der Waals surface area contributed by atoms with Gasteiger partial charge in [0.1, 0.15) is 17.2 Å². The Bertz CT molecular complexity index is 1070. The fourth-order valence-corrected chi connectivity index (χ4v) is 3.72. The average Bonchev–Trinajstić information content (AvgIpc) is 3.21. The molecule has 1 amide bonds. The van der Waals surface area contributed by atoms with E-state index < -0.39 is 0 Å². The molecule has 0 radical (unpaired) electrons. The van der Waals surface area contributed by atoms with E-state index in [0.29, 0.717) is 40.5 Å². The molecule has 0 bridgehead atoms. The largest absolute Gasteiger partial charge is 0.497 e. The lowest BCUT2D eigenvalue weighted by molar-refractivity contribution is -0.113. The first-order valence-corrected chi connectivity index (χ1v) is 10.9. The number of hydrogen-bond acceptors (Lipinski definition) is 7. The molecule has 3 rings (SSSR count). The highest BCUT2D eigenvalue weighted by Crippen LogP contribution is 2.27. The lowest BCUT2D eigenvalue weighted by Crippen LogP contribution is -2.15. The average molecular weight is 455 g/mol. The number of thioether (sulfide) groups is 1. The quantitative estimate of drug-likeness (QED) is 0.340. The summed E-state index contributed by atoms with van der Waals surface area (Å²) in [5.41, 5.74) is 0.670. The van der Waals surface area contributed by atoms with Crippen LogP contribution in [0.3, 0.4) is 0 Å². The van der Waals surface area contributed by atoms with Crippen LogP contribution < -0.4 is 19.5 Å². The van der Waals surface area contributed by atoms with Crippen LogP contribution in [0.25, 0.3) is 0 Å². The third-order valence-corrected chi connectivity index (χ3v) is 5.43. The van der Waals surface area contributed by atoms with Gasteiger partial charge < -0.3 is 19.5 Å². The zero-order valence-corrected chi connectivity index (χ0v) is 19.1. The normalized spacial score (nSPS) is 11.5. The molecule has 9 heteroatoms. The van der Waals surface area contributed by atoms with Gasteiger partial charge in [-0.3, -0.25) is 9.36 Å². The predicted molar refractivity (Wildman–Crippen MR) is 125 cm³/mol. The van der Waals surface area contributed by atoms with E-state index in [1.807, 2.05) is 47.9 Å². The molecule has 1 unspecified atom stereocenters. The van der Waals surface area contributed by atoms with Gasteiger partial charge in [-0.1, -0.05) is 30.0 Å². The van der Waals surface area contributed by atoms with Gasteiger partial charge in [-0.15, -0.1) is 16.8 Å². The van der Waals surface area contributed by atoms with Crippen molar-refractivity contribution in [2.24, 2.45) is 0 Å². The van der Waals surface area contributed by atoms with Crippen LogP contribution in [0.4, 0.5) is 5.69 Å². The van der Waals surface area contributed by atoms with Gasteiger partial charge in [0.25, 0.3) is 0 Å². The summed E-state index contributed by atoms with van der Waals surface area (Å²) < 4.78 is 18.3. The van der Waals surface area contributed by atoms with Gasteiger partial charge in [0, 0.05) is 24.4 Å². The maximum Gasteiger partial charge on any atom is 0.234 e. The summed E-state index contributed by atoms with van der Waals surface area (Å²) >= 11 is 1.30. The third kappa shape index (κ3) is 6.04. The monoisotopic (exact) mass is 454 g/mol. The van der Waals surface area contributed by atoms with Crippen LogP contribution in [0, 0.1) is 0 Å². The van der Waals surface area contributed by atoms with Gasteiger partial charge in [0.15, 0.2) is 17.1 Å². The highest BCUT2D eigenvalue weighted by Gasteiger charge is 2.20. The number of benzene rings is 2. The van der Waals surface area contributed by atoms with Gasteiger partial charge in [-0.2, -0.15) is 0 Å². The first kappa shape index (κ1) is 23.2. The summed E-state index contributed by atoms with van der Waals surface area (Å²) in [7, 11) is 3.19. The number of hydrogen-bond donors (Lipinski definition) is 1. The van der Waals surface area contributed by atoms with E-state index in [2.05, 4.69) is 22.1 Å². The van der Waals surface area contributed by atoms with Crippen molar-refractivity contribution in [2.75, 3.05) is 25.3 Å². The van der Waals surface area contributed by atoms with Gasteiger partial charge in [-0.05, 0) is 31.2 Å². The Hall–Kier alpha value is -3.46. The van der Waals surface area contributed by atoms with Crippen LogP contribution in [0.15, 0.2) is 66.3 Å². The van der Waals surface area contributed by atoms with E-state index >= 15 is 0 Å². The van der Waals surface area contributed by atoms with Gasteiger partial charge in [0.05, 0.1) is 20.0 Å². The summed E-state index contributed by atoms with van der Waals surface area (Å²) in [4.78, 5) is 12.4. The molecular formula is C23H26N4O4S. The number of carbonyl (C=O) groups excluding carboxylic acids is 1. The summed E-state index contributed by atoms with van der Waals surface area (Å²) in [6.07, 6.45) is 1.39. The summed E-state index contributed by atoms with van der Waals surface area (Å²) in [6.45, 7) is 6.21. The molecule has 3 aromatic rings. The minimum Gasteiger partial charge on any atom is -0.497 e. The number of amides is 1. The lowest BCUT2D eigenvalue weighted by Gasteiger charge is -2.16. The Balaban J connectivity index is 1.66. The minimum absolute atomic E-state index is 0.154. The van der Waals surface area contributed by atoms with Crippen LogP contribution in [-0.2, 0) is 11.3 Å². The molecule has 1 heterocycles. The van der Waals surface area contributed by atoms with Crippen LogP contribution in [-0.4, -0.2) is 40.6 Å². The van der Waals surface area contributed by atoms with E-state index in [1.54, 1.807) is 32.4 Å². The Morgan fingerprint density at radius 1 is 1.12 bits per heavy atom. The van der Waals surface area contributed by atoms with Crippen molar-refractivity contribution < 1.29 is 19.0 Å². The standard InChI is InChI=1S/C23H26N4O4S/c1-5-12-27-22(16(2)31-20-11-7-10-19(14-20)30-4)25-26-23(27)32-15-21(28)24-17-8-6-9-18(13-17)29-3/h5-11,13-14,16H,1,12,15H2,2-4H3,(H,24,28). The second-order valence-corrected chi connectivity index (χ2v) is 7.69.